The Bertz CT molecular complexity index is 1290. The van der Waals surface area contributed by atoms with Crippen LogP contribution in [0.3, 0.4) is 0 Å². The average Bonchev–Trinajstić information content (AvgIpc) is 3.02. The van der Waals surface area contributed by atoms with E-state index in [2.05, 4.69) is 15.0 Å². The van der Waals surface area contributed by atoms with Crippen LogP contribution in [0, 0.1) is 0 Å². The van der Waals surface area contributed by atoms with E-state index < -0.39 is 38.1 Å². The molecule has 3 heterocycles. The number of halogens is 6. The second-order valence-electron chi connectivity index (χ2n) is 6.20. The van der Waals surface area contributed by atoms with Crippen molar-refractivity contribution in [3.8, 4) is 11.5 Å². The van der Waals surface area contributed by atoms with Gasteiger partial charge in [0.05, 0.1) is 25.7 Å². The van der Waals surface area contributed by atoms with Gasteiger partial charge in [0, 0.05) is 19.4 Å². The molecule has 1 amide bonds. The van der Waals surface area contributed by atoms with Crippen LogP contribution in [0.4, 0.5) is 26.3 Å². The zero-order valence-electron chi connectivity index (χ0n) is 15.7. The number of aromatic nitrogens is 4. The quantitative estimate of drug-likeness (QED) is 0.363. The first-order chi connectivity index (χ1) is 14.3. The molecule has 0 bridgehead atoms. The van der Waals surface area contributed by atoms with E-state index in [9.17, 15) is 35.3 Å². The lowest BCUT2D eigenvalue weighted by Crippen LogP contribution is -2.25. The molecule has 0 saturated carbocycles. The molecule has 3 aromatic rings. The van der Waals surface area contributed by atoms with Gasteiger partial charge in [-0.3, -0.25) is 14.5 Å². The Morgan fingerprint density at radius 2 is 1.61 bits per heavy atom. The Balaban J connectivity index is 2.34. The van der Waals surface area contributed by atoms with Crippen molar-refractivity contribution in [2.45, 2.75) is 24.2 Å². The topological polar surface area (TPSA) is 89.8 Å². The van der Waals surface area contributed by atoms with Gasteiger partial charge in [0.1, 0.15) is 11.2 Å². The normalized spacial score (nSPS) is 14.3. The first kappa shape index (κ1) is 22.5. The van der Waals surface area contributed by atoms with Gasteiger partial charge in [-0.2, -0.15) is 26.3 Å². The van der Waals surface area contributed by atoms with Crippen molar-refractivity contribution in [1.29, 1.82) is 0 Å². The SMILES string of the molecule is CC=S(=O)(NC=O)c1cc(C(F)(F)F)cnc1-c1nc2cc(C(F)(F)F)cnc2n1C. The second kappa shape index (κ2) is 7.51. The lowest BCUT2D eigenvalue weighted by molar-refractivity contribution is -0.138. The number of nitrogens with zero attached hydrogens (tertiary/aromatic N) is 4. The fourth-order valence-electron chi connectivity index (χ4n) is 2.77. The van der Waals surface area contributed by atoms with Gasteiger partial charge in [-0.15, -0.1) is 0 Å². The third-order valence-electron chi connectivity index (χ3n) is 4.31. The molecule has 3 rings (SSSR count). The molecule has 0 fully saturated rings. The summed E-state index contributed by atoms with van der Waals surface area (Å²) in [5.74, 6) is -0.187. The second-order valence-corrected chi connectivity index (χ2v) is 8.55. The molecule has 0 radical (unpaired) electrons. The van der Waals surface area contributed by atoms with E-state index in [0.717, 1.165) is 11.4 Å². The standard InChI is InChI=1S/C17H13F6N5O2S/c1-3-31(30,26-8-29)12-5-10(17(21,22)23)6-24-13(12)15-27-11-4-9(16(18,19)20)7-25-14(11)28(15)2/h3-8H,1-2H3,(H,26,29,30). The highest BCUT2D eigenvalue weighted by Gasteiger charge is 2.34. The number of carbonyl (C=O) groups is 1. The summed E-state index contributed by atoms with van der Waals surface area (Å²) in [7, 11) is -2.30. The zero-order chi connectivity index (χ0) is 23.2. The van der Waals surface area contributed by atoms with Crippen LogP contribution in [0.1, 0.15) is 18.1 Å². The average molecular weight is 465 g/mol. The van der Waals surface area contributed by atoms with E-state index in [4.69, 9.17) is 0 Å². The Labute approximate surface area is 171 Å². The number of alkyl halides is 6. The van der Waals surface area contributed by atoms with Gasteiger partial charge in [0.15, 0.2) is 11.5 Å². The molecule has 166 valence electrons. The van der Waals surface area contributed by atoms with Crippen LogP contribution in [-0.4, -0.2) is 35.5 Å². The maximum Gasteiger partial charge on any atom is 0.417 e. The Morgan fingerprint density at radius 3 is 2.16 bits per heavy atom. The molecule has 0 saturated heterocycles. The van der Waals surface area contributed by atoms with Crippen molar-refractivity contribution in [3.63, 3.8) is 0 Å². The van der Waals surface area contributed by atoms with E-state index in [1.807, 2.05) is 4.72 Å². The Morgan fingerprint density at radius 1 is 1.03 bits per heavy atom. The molecule has 0 aromatic carbocycles. The number of nitrogens with one attached hydrogen (secondary N) is 1. The van der Waals surface area contributed by atoms with Crippen molar-refractivity contribution < 1.29 is 35.3 Å². The minimum Gasteiger partial charge on any atom is -0.310 e. The van der Waals surface area contributed by atoms with Crippen molar-refractivity contribution in [2.24, 2.45) is 7.05 Å². The van der Waals surface area contributed by atoms with E-state index in [1.165, 1.54) is 18.5 Å². The molecule has 0 spiro atoms. The molecule has 7 nitrogen and oxygen atoms in total. The van der Waals surface area contributed by atoms with Crippen molar-refractivity contribution in [2.75, 3.05) is 0 Å². The molecular weight excluding hydrogens is 452 g/mol. The maximum atomic E-state index is 13.2. The summed E-state index contributed by atoms with van der Waals surface area (Å²) in [5, 5.41) is 0.991. The fraction of sp³-hybridized carbons (Fsp3) is 0.235. The molecule has 0 aliphatic carbocycles. The number of imidazole rings is 1. The molecule has 1 atom stereocenters. The largest absolute Gasteiger partial charge is 0.417 e. The van der Waals surface area contributed by atoms with Gasteiger partial charge in [0.2, 0.25) is 6.41 Å². The molecule has 31 heavy (non-hydrogen) atoms. The smallest absolute Gasteiger partial charge is 0.310 e. The van der Waals surface area contributed by atoms with Crippen molar-refractivity contribution in [1.82, 2.24) is 24.2 Å². The van der Waals surface area contributed by atoms with E-state index >= 15 is 0 Å². The summed E-state index contributed by atoms with van der Waals surface area (Å²) in [6.07, 6.45) is -8.39. The third-order valence-corrected chi connectivity index (χ3v) is 6.38. The molecule has 1 unspecified atom stereocenters. The summed E-state index contributed by atoms with van der Waals surface area (Å²) in [5.41, 5.74) is -2.83. The first-order valence-electron chi connectivity index (χ1n) is 8.33. The van der Waals surface area contributed by atoms with Gasteiger partial charge < -0.3 is 4.57 Å². The summed E-state index contributed by atoms with van der Waals surface area (Å²) in [6, 6.07) is 1.28. The van der Waals surface area contributed by atoms with Crippen LogP contribution < -0.4 is 4.72 Å². The predicted molar refractivity (Wildman–Crippen MR) is 99.1 cm³/mol. The monoisotopic (exact) mass is 465 g/mol. The van der Waals surface area contributed by atoms with E-state index in [-0.39, 0.29) is 29.1 Å². The number of fused-ring (bicyclic) bond motifs is 1. The minimum absolute atomic E-state index is 0.00836. The number of rotatable bonds is 4. The van der Waals surface area contributed by atoms with Crippen LogP contribution >= 0.6 is 0 Å². The van der Waals surface area contributed by atoms with Gasteiger partial charge in [-0.05, 0) is 24.4 Å². The molecular formula is C17H13F6N5O2S. The van der Waals surface area contributed by atoms with Crippen LogP contribution in [0.25, 0.3) is 22.7 Å². The zero-order valence-corrected chi connectivity index (χ0v) is 16.6. The lowest BCUT2D eigenvalue weighted by Gasteiger charge is -2.16. The number of pyridine rings is 2. The van der Waals surface area contributed by atoms with E-state index in [1.54, 1.807) is 0 Å². The highest BCUT2D eigenvalue weighted by Crippen LogP contribution is 2.35. The van der Waals surface area contributed by atoms with Gasteiger partial charge >= 0.3 is 12.4 Å². The van der Waals surface area contributed by atoms with Crippen LogP contribution in [0.2, 0.25) is 0 Å². The van der Waals surface area contributed by atoms with Crippen LogP contribution in [0.15, 0.2) is 29.4 Å². The molecule has 0 aliphatic heterocycles. The number of amides is 1. The molecule has 3 aromatic heterocycles. The fourth-order valence-corrected chi connectivity index (χ4v) is 4.16. The number of hydrogen-bond donors (Lipinski definition) is 1. The first-order valence-corrected chi connectivity index (χ1v) is 9.95. The Hall–Kier alpha value is -3.16. The highest BCUT2D eigenvalue weighted by atomic mass is 32.2. The summed E-state index contributed by atoms with van der Waals surface area (Å²) < 4.78 is 94.9. The van der Waals surface area contributed by atoms with Crippen LogP contribution in [0.5, 0.6) is 0 Å². The van der Waals surface area contributed by atoms with E-state index in [0.29, 0.717) is 18.5 Å². The number of carbonyl (C=O) groups excluding carboxylic acids is 1. The van der Waals surface area contributed by atoms with Crippen molar-refractivity contribution in [3.05, 3.63) is 35.7 Å². The number of hydrogen-bond acceptors (Lipinski definition) is 5. The predicted octanol–water partition coefficient (Wildman–Crippen LogP) is 3.19. The lowest BCUT2D eigenvalue weighted by atomic mass is 10.2. The molecule has 0 aliphatic rings. The summed E-state index contributed by atoms with van der Waals surface area (Å²) >= 11 is 0. The van der Waals surface area contributed by atoms with Gasteiger partial charge in [0.25, 0.3) is 0 Å². The van der Waals surface area contributed by atoms with Gasteiger partial charge in [-0.1, -0.05) is 0 Å². The van der Waals surface area contributed by atoms with Gasteiger partial charge in [-0.25, -0.2) is 14.2 Å². The number of aryl methyl sites for hydroxylation is 1. The summed E-state index contributed by atoms with van der Waals surface area (Å²) in [4.78, 5) is 21.9. The maximum absolute atomic E-state index is 13.2. The molecule has 1 N–H and O–H groups in total. The minimum atomic E-state index is -4.83. The molecule has 14 heteroatoms. The highest BCUT2D eigenvalue weighted by molar-refractivity contribution is 8.00. The van der Waals surface area contributed by atoms with Crippen LogP contribution in [-0.2, 0) is 33.9 Å². The third kappa shape index (κ3) is 4.06. The Kier molecular flexibility index (Phi) is 5.46. The summed E-state index contributed by atoms with van der Waals surface area (Å²) in [6.45, 7) is 1.26. The van der Waals surface area contributed by atoms with Crippen molar-refractivity contribution >= 4 is 32.6 Å².